The molecule has 1 aromatic heterocycles. The topological polar surface area (TPSA) is 51.4 Å². The van der Waals surface area contributed by atoms with E-state index in [-0.39, 0.29) is 5.91 Å². The summed E-state index contributed by atoms with van der Waals surface area (Å²) in [5.74, 6) is 0.826. The molecule has 1 amide bonds. The van der Waals surface area contributed by atoms with Gasteiger partial charge in [-0.1, -0.05) is 24.3 Å². The second kappa shape index (κ2) is 8.62. The summed E-state index contributed by atoms with van der Waals surface area (Å²) in [6.07, 6.45) is 6.83. The van der Waals surface area contributed by atoms with Crippen molar-refractivity contribution in [1.82, 2.24) is 20.1 Å². The average Bonchev–Trinajstić information content (AvgIpc) is 3.40. The van der Waals surface area contributed by atoms with E-state index >= 15 is 0 Å². The van der Waals surface area contributed by atoms with Crippen LogP contribution in [0.25, 0.3) is 10.9 Å². The van der Waals surface area contributed by atoms with Crippen LogP contribution in [0.1, 0.15) is 64.2 Å². The zero-order valence-electron chi connectivity index (χ0n) is 19.6. The van der Waals surface area contributed by atoms with E-state index in [0.717, 1.165) is 57.7 Å². The van der Waals surface area contributed by atoms with Crippen LogP contribution in [0.5, 0.6) is 0 Å². The number of carbonyl (C=O) groups excluding carboxylic acids is 1. The largest absolute Gasteiger partial charge is 0.361 e. The van der Waals surface area contributed by atoms with Crippen molar-refractivity contribution in [1.29, 1.82) is 0 Å². The molecule has 0 spiro atoms. The molecular weight excluding hydrogens is 408 g/mol. The Hall–Kier alpha value is -2.63. The summed E-state index contributed by atoms with van der Waals surface area (Å²) in [4.78, 5) is 21.1. The number of rotatable bonds is 4. The highest BCUT2D eigenvalue weighted by atomic mass is 16.2. The number of piperidine rings is 2. The molecule has 3 aliphatic heterocycles. The standard InChI is InChI=1S/C28H34N4O/c1-19-4-6-25-23(15-30-27(25)13-19)17-31-11-8-20(9-12-31)21-5-7-26-22(14-21)18-32(28(26)33)24-3-2-10-29-16-24/h4-7,13-15,20,24,29-30H,2-3,8-12,16-18H2,1H3. The monoisotopic (exact) mass is 442 g/mol. The molecule has 2 aromatic carbocycles. The summed E-state index contributed by atoms with van der Waals surface area (Å²) in [5.41, 5.74) is 7.53. The van der Waals surface area contributed by atoms with E-state index in [2.05, 4.69) is 69.6 Å². The van der Waals surface area contributed by atoms with Gasteiger partial charge in [0.05, 0.1) is 0 Å². The van der Waals surface area contributed by atoms with E-state index in [1.165, 1.54) is 46.0 Å². The fourth-order valence-electron chi connectivity index (χ4n) is 6.11. The first kappa shape index (κ1) is 20.9. The Balaban J connectivity index is 1.10. The van der Waals surface area contributed by atoms with E-state index in [9.17, 15) is 4.79 Å². The van der Waals surface area contributed by atoms with E-state index in [0.29, 0.717) is 12.0 Å². The van der Waals surface area contributed by atoms with Gasteiger partial charge in [0.2, 0.25) is 0 Å². The van der Waals surface area contributed by atoms with Gasteiger partial charge in [-0.25, -0.2) is 0 Å². The molecule has 2 N–H and O–H groups in total. The van der Waals surface area contributed by atoms with Crippen molar-refractivity contribution in [3.63, 3.8) is 0 Å². The number of aromatic amines is 1. The van der Waals surface area contributed by atoms with E-state index in [4.69, 9.17) is 0 Å². The molecule has 4 heterocycles. The Morgan fingerprint density at radius 3 is 2.76 bits per heavy atom. The lowest BCUT2D eigenvalue weighted by Gasteiger charge is -2.32. The molecular formula is C28H34N4O. The second-order valence-corrected chi connectivity index (χ2v) is 10.3. The lowest BCUT2D eigenvalue weighted by molar-refractivity contribution is 0.0674. The Bertz CT molecular complexity index is 1170. The van der Waals surface area contributed by atoms with Crippen molar-refractivity contribution >= 4 is 16.8 Å². The Kier molecular flexibility index (Phi) is 5.47. The number of fused-ring (bicyclic) bond motifs is 2. The number of hydrogen-bond acceptors (Lipinski definition) is 3. The van der Waals surface area contributed by atoms with Crippen LogP contribution in [0.15, 0.2) is 42.6 Å². The molecule has 1 unspecified atom stereocenters. The first-order valence-corrected chi connectivity index (χ1v) is 12.6. The van der Waals surface area contributed by atoms with Gasteiger partial charge < -0.3 is 15.2 Å². The number of likely N-dealkylation sites (tertiary alicyclic amines) is 1. The number of nitrogens with one attached hydrogen (secondary N) is 2. The van der Waals surface area contributed by atoms with E-state index < -0.39 is 0 Å². The number of aryl methyl sites for hydroxylation is 1. The van der Waals surface area contributed by atoms with Crippen LogP contribution in [0.3, 0.4) is 0 Å². The Labute approximate surface area is 196 Å². The number of carbonyl (C=O) groups is 1. The van der Waals surface area contributed by atoms with Gasteiger partial charge in [-0.15, -0.1) is 0 Å². The highest BCUT2D eigenvalue weighted by Gasteiger charge is 2.34. The van der Waals surface area contributed by atoms with Crippen LogP contribution < -0.4 is 5.32 Å². The van der Waals surface area contributed by atoms with Crippen molar-refractivity contribution in [3.05, 3.63) is 70.4 Å². The smallest absolute Gasteiger partial charge is 0.254 e. The summed E-state index contributed by atoms with van der Waals surface area (Å²) in [5, 5.41) is 4.80. The normalized spacial score (nSPS) is 22.3. The molecule has 0 aliphatic carbocycles. The van der Waals surface area contributed by atoms with Gasteiger partial charge in [0.1, 0.15) is 0 Å². The third-order valence-corrected chi connectivity index (χ3v) is 8.05. The highest BCUT2D eigenvalue weighted by molar-refractivity contribution is 5.98. The number of hydrogen-bond donors (Lipinski definition) is 2. The van der Waals surface area contributed by atoms with Crippen molar-refractivity contribution < 1.29 is 4.79 Å². The second-order valence-electron chi connectivity index (χ2n) is 10.3. The number of nitrogens with zero attached hydrogens (tertiary/aromatic N) is 2. The molecule has 2 saturated heterocycles. The third kappa shape index (κ3) is 3.98. The summed E-state index contributed by atoms with van der Waals surface area (Å²) in [6, 6.07) is 13.7. The zero-order valence-corrected chi connectivity index (χ0v) is 19.6. The summed E-state index contributed by atoms with van der Waals surface area (Å²) < 4.78 is 0. The van der Waals surface area contributed by atoms with Crippen LogP contribution >= 0.6 is 0 Å². The number of amides is 1. The molecule has 2 fully saturated rings. The maximum Gasteiger partial charge on any atom is 0.254 e. The van der Waals surface area contributed by atoms with Crippen LogP contribution in [-0.2, 0) is 13.1 Å². The SMILES string of the molecule is Cc1ccc2c(CN3CCC(c4ccc5c(c4)CN(C4CCCNC4)C5=O)CC3)c[nH]c2c1. The quantitative estimate of drug-likeness (QED) is 0.623. The molecule has 6 rings (SSSR count). The van der Waals surface area contributed by atoms with Crippen LogP contribution in [0.2, 0.25) is 0 Å². The van der Waals surface area contributed by atoms with Crippen molar-refractivity contribution in [2.45, 2.75) is 57.7 Å². The molecule has 5 heteroatoms. The number of aromatic nitrogens is 1. The van der Waals surface area contributed by atoms with Gasteiger partial charge >= 0.3 is 0 Å². The van der Waals surface area contributed by atoms with Crippen molar-refractivity contribution in [2.24, 2.45) is 0 Å². The first-order valence-electron chi connectivity index (χ1n) is 12.6. The van der Waals surface area contributed by atoms with Crippen molar-refractivity contribution in [2.75, 3.05) is 26.2 Å². The van der Waals surface area contributed by atoms with E-state index in [1.807, 2.05) is 0 Å². The van der Waals surface area contributed by atoms with Gasteiger partial charge in [0.25, 0.3) is 5.91 Å². The first-order chi connectivity index (χ1) is 16.2. The van der Waals surface area contributed by atoms with Gasteiger partial charge in [-0.2, -0.15) is 0 Å². The predicted molar refractivity (Wildman–Crippen MR) is 132 cm³/mol. The van der Waals surface area contributed by atoms with Gasteiger partial charge in [0.15, 0.2) is 0 Å². The fraction of sp³-hybridized carbons (Fsp3) is 0.464. The molecule has 3 aliphatic rings. The zero-order chi connectivity index (χ0) is 22.4. The lowest BCUT2D eigenvalue weighted by atomic mass is 9.87. The van der Waals surface area contributed by atoms with Crippen LogP contribution in [0, 0.1) is 6.92 Å². The molecule has 0 saturated carbocycles. The molecule has 33 heavy (non-hydrogen) atoms. The van der Waals surface area contributed by atoms with Crippen molar-refractivity contribution in [3.8, 4) is 0 Å². The van der Waals surface area contributed by atoms with Crippen LogP contribution in [0.4, 0.5) is 0 Å². The predicted octanol–water partition coefficient (Wildman–Crippen LogP) is 4.56. The van der Waals surface area contributed by atoms with Crippen LogP contribution in [-0.4, -0.2) is 52.9 Å². The summed E-state index contributed by atoms with van der Waals surface area (Å²) in [6.45, 7) is 8.20. The minimum atomic E-state index is 0.231. The maximum absolute atomic E-state index is 13.0. The number of H-pyrrole nitrogens is 1. The Morgan fingerprint density at radius 1 is 1.06 bits per heavy atom. The fourth-order valence-corrected chi connectivity index (χ4v) is 6.11. The lowest BCUT2D eigenvalue weighted by Crippen LogP contribution is -2.46. The van der Waals surface area contributed by atoms with Gasteiger partial charge in [0, 0.05) is 48.3 Å². The molecule has 1 atom stereocenters. The minimum absolute atomic E-state index is 0.231. The average molecular weight is 443 g/mol. The Morgan fingerprint density at radius 2 is 1.94 bits per heavy atom. The highest BCUT2D eigenvalue weighted by Crippen LogP contribution is 2.34. The molecule has 3 aromatic rings. The summed E-state index contributed by atoms with van der Waals surface area (Å²) in [7, 11) is 0. The van der Waals surface area contributed by atoms with Gasteiger partial charge in [-0.3, -0.25) is 9.69 Å². The van der Waals surface area contributed by atoms with E-state index in [1.54, 1.807) is 0 Å². The molecule has 0 radical (unpaired) electrons. The van der Waals surface area contributed by atoms with Gasteiger partial charge in [-0.05, 0) is 92.5 Å². The number of benzene rings is 2. The minimum Gasteiger partial charge on any atom is -0.361 e. The molecule has 5 nitrogen and oxygen atoms in total. The molecule has 0 bridgehead atoms. The molecule has 172 valence electrons. The third-order valence-electron chi connectivity index (χ3n) is 8.05. The maximum atomic E-state index is 13.0. The summed E-state index contributed by atoms with van der Waals surface area (Å²) >= 11 is 0.